The van der Waals surface area contributed by atoms with E-state index in [2.05, 4.69) is 20.8 Å². The van der Waals surface area contributed by atoms with Crippen LogP contribution in [0.5, 0.6) is 11.5 Å². The van der Waals surface area contributed by atoms with Crippen LogP contribution in [-0.4, -0.2) is 20.2 Å². The molecule has 0 unspecified atom stereocenters. The van der Waals surface area contributed by atoms with E-state index in [0.717, 1.165) is 6.07 Å². The van der Waals surface area contributed by atoms with E-state index in [1.54, 1.807) is 12.1 Å². The van der Waals surface area contributed by atoms with Gasteiger partial charge in [0, 0.05) is 6.07 Å². The number of nitrogens with one attached hydrogen (secondary N) is 3. The maximum Gasteiger partial charge on any atom is 0.221 e. The lowest BCUT2D eigenvalue weighted by atomic mass is 10.3. The maximum absolute atomic E-state index is 9.52. The van der Waals surface area contributed by atoms with Crippen molar-refractivity contribution in [2.24, 2.45) is 0 Å². The van der Waals surface area contributed by atoms with Crippen molar-refractivity contribution in [3.8, 4) is 23.6 Å². The van der Waals surface area contributed by atoms with Gasteiger partial charge in [0.05, 0.1) is 5.69 Å². The molecule has 0 spiro atoms. The van der Waals surface area contributed by atoms with Crippen LogP contribution >= 0.6 is 0 Å². The number of phenols is 2. The summed E-state index contributed by atoms with van der Waals surface area (Å²) >= 11 is 0. The second-order valence-corrected chi connectivity index (χ2v) is 3.48. The van der Waals surface area contributed by atoms with Crippen LogP contribution in [0.25, 0.3) is 0 Å². The van der Waals surface area contributed by atoms with Gasteiger partial charge in [0.15, 0.2) is 11.4 Å². The first-order valence-corrected chi connectivity index (χ1v) is 5.08. The molecular formula is C11H8N6O2. The third-order valence-corrected chi connectivity index (χ3v) is 2.22. The van der Waals surface area contributed by atoms with Crippen molar-refractivity contribution in [3.05, 3.63) is 29.6 Å². The summed E-state index contributed by atoms with van der Waals surface area (Å²) < 4.78 is 0. The number of anilines is 2. The first-order valence-electron chi connectivity index (χ1n) is 5.08. The Morgan fingerprint density at radius 2 is 1.95 bits per heavy atom. The zero-order valence-electron chi connectivity index (χ0n) is 9.47. The summed E-state index contributed by atoms with van der Waals surface area (Å²) in [5.41, 5.74) is 5.53. The largest absolute Gasteiger partial charge is 0.508 e. The summed E-state index contributed by atoms with van der Waals surface area (Å²) in [6.07, 6.45) is 0. The highest BCUT2D eigenvalue weighted by Gasteiger charge is 2.09. The van der Waals surface area contributed by atoms with Gasteiger partial charge in [-0.05, 0) is 12.1 Å². The van der Waals surface area contributed by atoms with Crippen molar-refractivity contribution in [3.63, 3.8) is 0 Å². The monoisotopic (exact) mass is 256 g/mol. The summed E-state index contributed by atoms with van der Waals surface area (Å²) in [6, 6.07) is 7.55. The van der Waals surface area contributed by atoms with Crippen molar-refractivity contribution < 1.29 is 10.2 Å². The number of H-pyrrole nitrogens is 1. The van der Waals surface area contributed by atoms with E-state index in [-0.39, 0.29) is 28.8 Å². The minimum Gasteiger partial charge on any atom is -0.508 e. The smallest absolute Gasteiger partial charge is 0.221 e. The molecule has 0 bridgehead atoms. The number of aromatic amines is 1. The fraction of sp³-hybridized carbons (Fsp3) is 0. The Morgan fingerprint density at radius 1 is 1.16 bits per heavy atom. The standard InChI is InChI=1S/C11H8N6O2/c12-4-8-9(5-13)15-11(14-8)17-16-7-2-1-6(18)3-10(7)19/h1-3,16,18-19H,(H2,14,15,17). The van der Waals surface area contributed by atoms with E-state index in [9.17, 15) is 5.11 Å². The lowest BCUT2D eigenvalue weighted by Crippen LogP contribution is -2.09. The van der Waals surface area contributed by atoms with Gasteiger partial charge in [-0.1, -0.05) is 0 Å². The average molecular weight is 256 g/mol. The Morgan fingerprint density at radius 3 is 2.53 bits per heavy atom. The summed E-state index contributed by atoms with van der Waals surface area (Å²) in [6.45, 7) is 0. The van der Waals surface area contributed by atoms with E-state index >= 15 is 0 Å². The van der Waals surface area contributed by atoms with Crippen molar-refractivity contribution in [1.82, 2.24) is 9.97 Å². The van der Waals surface area contributed by atoms with E-state index in [1.807, 2.05) is 0 Å². The van der Waals surface area contributed by atoms with Gasteiger partial charge in [-0.15, -0.1) is 0 Å². The molecule has 1 heterocycles. The zero-order chi connectivity index (χ0) is 13.8. The van der Waals surface area contributed by atoms with E-state index in [1.165, 1.54) is 12.1 Å². The third-order valence-electron chi connectivity index (χ3n) is 2.22. The quantitative estimate of drug-likeness (QED) is 0.313. The summed E-state index contributed by atoms with van der Waals surface area (Å²) in [5.74, 6) is -0.0831. The second-order valence-electron chi connectivity index (χ2n) is 3.48. The molecule has 8 heteroatoms. The number of hydrazine groups is 1. The lowest BCUT2D eigenvalue weighted by Gasteiger charge is -2.08. The fourth-order valence-electron chi connectivity index (χ4n) is 1.35. The molecule has 2 aromatic rings. The molecule has 1 aromatic carbocycles. The Hall–Kier alpha value is -3.39. The van der Waals surface area contributed by atoms with Crippen LogP contribution in [0.15, 0.2) is 18.2 Å². The van der Waals surface area contributed by atoms with Crippen LogP contribution < -0.4 is 10.9 Å². The van der Waals surface area contributed by atoms with Crippen LogP contribution in [0.1, 0.15) is 11.4 Å². The molecule has 0 atom stereocenters. The van der Waals surface area contributed by atoms with Crippen LogP contribution in [0, 0.1) is 22.7 Å². The number of hydrogen-bond acceptors (Lipinski definition) is 7. The molecule has 0 fully saturated rings. The molecule has 0 aliphatic carbocycles. The SMILES string of the molecule is N#Cc1nc(NNc2ccc(O)cc2O)[nH]c1C#N. The van der Waals surface area contributed by atoms with Crippen LogP contribution in [0.3, 0.4) is 0 Å². The van der Waals surface area contributed by atoms with Crippen molar-refractivity contribution in [1.29, 1.82) is 10.5 Å². The van der Waals surface area contributed by atoms with Crippen molar-refractivity contribution in [2.45, 2.75) is 0 Å². The number of imidazole rings is 1. The molecule has 8 nitrogen and oxygen atoms in total. The molecule has 0 saturated heterocycles. The predicted octanol–water partition coefficient (Wildman–Crippen LogP) is 1.00. The van der Waals surface area contributed by atoms with Gasteiger partial charge in [-0.2, -0.15) is 15.5 Å². The van der Waals surface area contributed by atoms with Gasteiger partial charge < -0.3 is 15.2 Å². The topological polar surface area (TPSA) is 141 Å². The molecule has 0 amide bonds. The Labute approximate surface area is 107 Å². The number of hydrogen-bond donors (Lipinski definition) is 5. The van der Waals surface area contributed by atoms with Gasteiger partial charge >= 0.3 is 0 Å². The fourth-order valence-corrected chi connectivity index (χ4v) is 1.35. The molecular weight excluding hydrogens is 248 g/mol. The van der Waals surface area contributed by atoms with E-state index in [4.69, 9.17) is 15.6 Å². The van der Waals surface area contributed by atoms with Crippen LogP contribution in [-0.2, 0) is 0 Å². The highest BCUT2D eigenvalue weighted by Crippen LogP contribution is 2.27. The van der Waals surface area contributed by atoms with Gasteiger partial charge in [-0.3, -0.25) is 10.9 Å². The van der Waals surface area contributed by atoms with Crippen LogP contribution in [0.2, 0.25) is 0 Å². The number of nitriles is 2. The average Bonchev–Trinajstić information content (AvgIpc) is 2.80. The Bertz CT molecular complexity index is 663. The number of benzene rings is 1. The van der Waals surface area contributed by atoms with Crippen molar-refractivity contribution >= 4 is 11.6 Å². The summed E-state index contributed by atoms with van der Waals surface area (Å²) in [7, 11) is 0. The second kappa shape index (κ2) is 4.85. The minimum absolute atomic E-state index is 0.0262. The summed E-state index contributed by atoms with van der Waals surface area (Å²) in [4.78, 5) is 6.40. The van der Waals surface area contributed by atoms with Gasteiger partial charge in [0.2, 0.25) is 5.95 Å². The van der Waals surface area contributed by atoms with Crippen LogP contribution in [0.4, 0.5) is 11.6 Å². The molecule has 5 N–H and O–H groups in total. The first-order chi connectivity index (χ1) is 9.13. The molecule has 1 aromatic heterocycles. The molecule has 2 rings (SSSR count). The number of nitrogens with zero attached hydrogens (tertiary/aromatic N) is 3. The molecule has 19 heavy (non-hydrogen) atoms. The normalized spacial score (nSPS) is 9.37. The maximum atomic E-state index is 9.52. The number of phenolic OH excluding ortho intramolecular Hbond substituents is 2. The molecule has 0 radical (unpaired) electrons. The Balaban J connectivity index is 2.13. The minimum atomic E-state index is -0.167. The summed E-state index contributed by atoms with van der Waals surface area (Å²) in [5, 5.41) is 36.1. The van der Waals surface area contributed by atoms with Gasteiger partial charge in [0.25, 0.3) is 0 Å². The molecule has 0 saturated carbocycles. The zero-order valence-corrected chi connectivity index (χ0v) is 9.47. The molecule has 0 aliphatic rings. The highest BCUT2D eigenvalue weighted by molar-refractivity contribution is 5.60. The highest BCUT2D eigenvalue weighted by atomic mass is 16.3. The van der Waals surface area contributed by atoms with Crippen molar-refractivity contribution in [2.75, 3.05) is 10.9 Å². The number of aromatic nitrogens is 2. The predicted molar refractivity (Wildman–Crippen MR) is 65.0 cm³/mol. The van der Waals surface area contributed by atoms with Gasteiger partial charge in [0.1, 0.15) is 23.6 Å². The Kier molecular flexibility index (Phi) is 3.09. The lowest BCUT2D eigenvalue weighted by molar-refractivity contribution is 0.452. The van der Waals surface area contributed by atoms with E-state index < -0.39 is 0 Å². The van der Waals surface area contributed by atoms with Gasteiger partial charge in [-0.25, -0.2) is 0 Å². The molecule has 94 valence electrons. The van der Waals surface area contributed by atoms with E-state index in [0.29, 0.717) is 5.69 Å². The molecule has 0 aliphatic heterocycles. The number of aromatic hydroxyl groups is 2. The number of rotatable bonds is 3. The first kappa shape index (κ1) is 12.1. The third kappa shape index (κ3) is 2.48.